The molecule has 0 spiro atoms. The molecule has 1 aliphatic rings. The second-order valence-corrected chi connectivity index (χ2v) is 5.83. The SMILES string of the molecule is Nc1ncc(C2=CCCC=C2)cc1OCc1ccc(F)cc1C(F)(F)F. The summed E-state index contributed by atoms with van der Waals surface area (Å²) >= 11 is 0. The first-order valence-electron chi connectivity index (χ1n) is 7.95. The average molecular weight is 364 g/mol. The number of alkyl halides is 3. The van der Waals surface area contributed by atoms with Crippen molar-refractivity contribution >= 4 is 11.4 Å². The predicted octanol–water partition coefficient (Wildman–Crippen LogP) is 5.13. The Morgan fingerprint density at radius 2 is 1.96 bits per heavy atom. The van der Waals surface area contributed by atoms with Crippen molar-refractivity contribution in [1.82, 2.24) is 4.98 Å². The Labute approximate surface area is 147 Å². The summed E-state index contributed by atoms with van der Waals surface area (Å²) < 4.78 is 57.8. The van der Waals surface area contributed by atoms with E-state index in [2.05, 4.69) is 4.98 Å². The summed E-state index contributed by atoms with van der Waals surface area (Å²) in [5, 5.41) is 0. The summed E-state index contributed by atoms with van der Waals surface area (Å²) in [4.78, 5) is 4.05. The second-order valence-electron chi connectivity index (χ2n) is 5.83. The zero-order valence-corrected chi connectivity index (χ0v) is 13.7. The molecule has 0 bridgehead atoms. The number of hydrogen-bond acceptors (Lipinski definition) is 3. The Bertz CT molecular complexity index is 872. The molecule has 3 nitrogen and oxygen atoms in total. The molecule has 0 saturated heterocycles. The van der Waals surface area contributed by atoms with Gasteiger partial charge in [-0.05, 0) is 36.6 Å². The van der Waals surface area contributed by atoms with Gasteiger partial charge in [-0.1, -0.05) is 24.3 Å². The van der Waals surface area contributed by atoms with E-state index >= 15 is 0 Å². The Morgan fingerprint density at radius 1 is 1.15 bits per heavy atom. The van der Waals surface area contributed by atoms with E-state index in [1.807, 2.05) is 18.2 Å². The van der Waals surface area contributed by atoms with Gasteiger partial charge in [0.1, 0.15) is 12.4 Å². The highest BCUT2D eigenvalue weighted by molar-refractivity contribution is 5.76. The molecule has 136 valence electrons. The molecule has 1 aromatic carbocycles. The molecular weight excluding hydrogens is 348 g/mol. The molecule has 0 aliphatic heterocycles. The van der Waals surface area contributed by atoms with Crippen molar-refractivity contribution in [2.45, 2.75) is 25.6 Å². The minimum Gasteiger partial charge on any atom is -0.485 e. The molecule has 0 radical (unpaired) electrons. The minimum absolute atomic E-state index is 0.0739. The van der Waals surface area contributed by atoms with Gasteiger partial charge in [-0.2, -0.15) is 13.2 Å². The van der Waals surface area contributed by atoms with Crippen LogP contribution in [-0.2, 0) is 12.8 Å². The highest BCUT2D eigenvalue weighted by Gasteiger charge is 2.34. The molecule has 1 heterocycles. The van der Waals surface area contributed by atoms with Crippen LogP contribution in [0.1, 0.15) is 29.5 Å². The maximum Gasteiger partial charge on any atom is 0.416 e. The smallest absolute Gasteiger partial charge is 0.416 e. The summed E-state index contributed by atoms with van der Waals surface area (Å²) in [7, 11) is 0. The number of benzene rings is 1. The number of hydrogen-bond donors (Lipinski definition) is 1. The van der Waals surface area contributed by atoms with Gasteiger partial charge in [0.25, 0.3) is 0 Å². The number of nitrogens with zero attached hydrogens (tertiary/aromatic N) is 1. The van der Waals surface area contributed by atoms with Crippen LogP contribution in [0.5, 0.6) is 5.75 Å². The van der Waals surface area contributed by atoms with Crippen molar-refractivity contribution in [2.75, 3.05) is 5.73 Å². The third kappa shape index (κ3) is 4.04. The number of anilines is 1. The van der Waals surface area contributed by atoms with E-state index in [1.165, 1.54) is 0 Å². The van der Waals surface area contributed by atoms with Gasteiger partial charge in [0, 0.05) is 17.3 Å². The normalized spacial score (nSPS) is 14.2. The van der Waals surface area contributed by atoms with Crippen molar-refractivity contribution < 1.29 is 22.3 Å². The van der Waals surface area contributed by atoms with Gasteiger partial charge in [-0.3, -0.25) is 0 Å². The predicted molar refractivity (Wildman–Crippen MR) is 90.7 cm³/mol. The summed E-state index contributed by atoms with van der Waals surface area (Å²) in [6, 6.07) is 4.11. The van der Waals surface area contributed by atoms with Gasteiger partial charge >= 0.3 is 6.18 Å². The van der Waals surface area contributed by atoms with Crippen molar-refractivity contribution in [2.24, 2.45) is 0 Å². The summed E-state index contributed by atoms with van der Waals surface area (Å²) in [6.45, 7) is -0.403. The van der Waals surface area contributed by atoms with Crippen LogP contribution in [0, 0.1) is 5.82 Å². The Morgan fingerprint density at radius 3 is 2.65 bits per heavy atom. The molecule has 7 heteroatoms. The first-order chi connectivity index (χ1) is 12.3. The average Bonchev–Trinajstić information content (AvgIpc) is 2.62. The molecule has 26 heavy (non-hydrogen) atoms. The third-order valence-corrected chi connectivity index (χ3v) is 3.97. The molecule has 1 aliphatic carbocycles. The van der Waals surface area contributed by atoms with Gasteiger partial charge in [-0.15, -0.1) is 0 Å². The molecule has 3 rings (SSSR count). The number of allylic oxidation sites excluding steroid dienone is 4. The van der Waals surface area contributed by atoms with Gasteiger partial charge in [0.2, 0.25) is 0 Å². The summed E-state index contributed by atoms with van der Waals surface area (Å²) in [5.41, 5.74) is 6.24. The zero-order chi connectivity index (χ0) is 18.7. The van der Waals surface area contributed by atoms with Crippen molar-refractivity contribution in [3.8, 4) is 5.75 Å². The second kappa shape index (κ2) is 7.19. The lowest BCUT2D eigenvalue weighted by Crippen LogP contribution is -2.12. The van der Waals surface area contributed by atoms with E-state index in [1.54, 1.807) is 12.3 Å². The van der Waals surface area contributed by atoms with E-state index < -0.39 is 24.2 Å². The van der Waals surface area contributed by atoms with Gasteiger partial charge < -0.3 is 10.5 Å². The van der Waals surface area contributed by atoms with E-state index in [9.17, 15) is 17.6 Å². The number of ether oxygens (including phenoxy) is 1. The largest absolute Gasteiger partial charge is 0.485 e. The van der Waals surface area contributed by atoms with Crippen LogP contribution in [0.3, 0.4) is 0 Å². The van der Waals surface area contributed by atoms with E-state index in [4.69, 9.17) is 10.5 Å². The van der Waals surface area contributed by atoms with E-state index in [-0.39, 0.29) is 17.1 Å². The highest BCUT2D eigenvalue weighted by Crippen LogP contribution is 2.34. The Balaban J connectivity index is 1.84. The fraction of sp³-hybridized carbons (Fsp3) is 0.211. The molecule has 2 N–H and O–H groups in total. The van der Waals surface area contributed by atoms with E-state index in [0.717, 1.165) is 36.1 Å². The van der Waals surface area contributed by atoms with Crippen LogP contribution < -0.4 is 10.5 Å². The number of nitrogen functional groups attached to an aromatic ring is 1. The highest BCUT2D eigenvalue weighted by atomic mass is 19.4. The van der Waals surface area contributed by atoms with Crippen LogP contribution >= 0.6 is 0 Å². The lowest BCUT2D eigenvalue weighted by atomic mass is 10.0. The molecule has 2 aromatic rings. The molecule has 0 saturated carbocycles. The van der Waals surface area contributed by atoms with Gasteiger partial charge in [0.15, 0.2) is 11.6 Å². The number of rotatable bonds is 4. The van der Waals surface area contributed by atoms with Crippen LogP contribution in [0.4, 0.5) is 23.4 Å². The molecule has 0 fully saturated rings. The lowest BCUT2D eigenvalue weighted by molar-refractivity contribution is -0.138. The number of aromatic nitrogens is 1. The molecule has 1 aromatic heterocycles. The summed E-state index contributed by atoms with van der Waals surface area (Å²) in [6.07, 6.45) is 4.78. The third-order valence-electron chi connectivity index (χ3n) is 3.97. The quantitative estimate of drug-likeness (QED) is 0.765. The topological polar surface area (TPSA) is 48.1 Å². The fourth-order valence-corrected chi connectivity index (χ4v) is 2.65. The van der Waals surface area contributed by atoms with Crippen molar-refractivity contribution in [3.63, 3.8) is 0 Å². The molecule has 0 amide bonds. The standard InChI is InChI=1S/C19H16F4N2O/c20-15-7-6-13(16(9-15)19(21,22)23)11-26-17-8-14(10-25-18(17)24)12-4-2-1-3-5-12/h2,4-10H,1,3,11H2,(H2,24,25). The first-order valence-corrected chi connectivity index (χ1v) is 7.95. The van der Waals surface area contributed by atoms with Crippen LogP contribution in [0.25, 0.3) is 5.57 Å². The minimum atomic E-state index is -4.68. The number of pyridine rings is 1. The van der Waals surface area contributed by atoms with Crippen molar-refractivity contribution in [1.29, 1.82) is 0 Å². The monoisotopic (exact) mass is 364 g/mol. The summed E-state index contributed by atoms with van der Waals surface area (Å²) in [5.74, 6) is -0.704. The fourth-order valence-electron chi connectivity index (χ4n) is 2.65. The van der Waals surface area contributed by atoms with Crippen LogP contribution in [0.15, 0.2) is 48.7 Å². The van der Waals surface area contributed by atoms with Gasteiger partial charge in [-0.25, -0.2) is 9.37 Å². The maximum atomic E-state index is 13.2. The molecular formula is C19H16F4N2O. The maximum absolute atomic E-state index is 13.2. The number of halogens is 4. The van der Waals surface area contributed by atoms with Crippen molar-refractivity contribution in [3.05, 3.63) is 71.2 Å². The van der Waals surface area contributed by atoms with E-state index in [0.29, 0.717) is 6.07 Å². The molecule has 0 unspecified atom stereocenters. The Hall–Kier alpha value is -2.83. The lowest BCUT2D eigenvalue weighted by Gasteiger charge is -2.15. The number of nitrogens with two attached hydrogens (primary N) is 1. The van der Waals surface area contributed by atoms with Crippen LogP contribution in [0.2, 0.25) is 0 Å². The zero-order valence-electron chi connectivity index (χ0n) is 13.7. The molecule has 0 atom stereocenters. The van der Waals surface area contributed by atoms with Gasteiger partial charge in [0.05, 0.1) is 5.56 Å². The van der Waals surface area contributed by atoms with Crippen LogP contribution in [-0.4, -0.2) is 4.98 Å². The first kappa shape index (κ1) is 18.0. The Kier molecular flexibility index (Phi) is 4.97.